The molecule has 0 radical (unpaired) electrons. The number of rotatable bonds is 2. The smallest absolute Gasteiger partial charge is 0.196 e. The van der Waals surface area contributed by atoms with Crippen LogP contribution in [0, 0.1) is 0 Å². The van der Waals surface area contributed by atoms with Gasteiger partial charge in [-0.2, -0.15) is 0 Å². The predicted molar refractivity (Wildman–Crippen MR) is 110 cm³/mol. The molecule has 4 nitrogen and oxygen atoms in total. The fraction of sp³-hybridized carbons (Fsp3) is 0.0435. The van der Waals surface area contributed by atoms with Crippen LogP contribution >= 0.6 is 0 Å². The number of anilines is 3. The first kappa shape index (κ1) is 15.6. The summed E-state index contributed by atoms with van der Waals surface area (Å²) in [5, 5.41) is 17.4. The molecule has 0 amide bonds. The number of aromatic nitrogens is 1. The van der Waals surface area contributed by atoms with Gasteiger partial charge in [0.05, 0.1) is 28.7 Å². The second kappa shape index (κ2) is 6.25. The van der Waals surface area contributed by atoms with Gasteiger partial charge in [0, 0.05) is 6.20 Å². The van der Waals surface area contributed by atoms with Gasteiger partial charge in [-0.25, -0.2) is 0 Å². The largest absolute Gasteiger partial charge is 0.494 e. The van der Waals surface area contributed by atoms with Gasteiger partial charge in [0.15, 0.2) is 5.88 Å². The summed E-state index contributed by atoms with van der Waals surface area (Å²) in [7, 11) is 0. The van der Waals surface area contributed by atoms with Crippen molar-refractivity contribution in [2.24, 2.45) is 0 Å². The highest BCUT2D eigenvalue weighted by Crippen LogP contribution is 2.43. The molecule has 1 aliphatic rings. The van der Waals surface area contributed by atoms with Gasteiger partial charge in [-0.15, -0.1) is 0 Å². The Morgan fingerprint density at radius 3 is 2.11 bits per heavy atom. The van der Waals surface area contributed by atoms with Crippen LogP contribution in [0.1, 0.15) is 17.2 Å². The number of hydrogen-bond acceptors (Lipinski definition) is 3. The highest BCUT2D eigenvalue weighted by atomic mass is 16.3. The molecule has 1 atom stereocenters. The number of hydrogen-bond donors (Lipinski definition) is 4. The summed E-state index contributed by atoms with van der Waals surface area (Å²) in [6, 6.07) is 26.7. The average molecular weight is 353 g/mol. The van der Waals surface area contributed by atoms with E-state index in [1.165, 1.54) is 11.1 Å². The van der Waals surface area contributed by atoms with Crippen molar-refractivity contribution in [3.05, 3.63) is 96.2 Å². The zero-order valence-corrected chi connectivity index (χ0v) is 14.6. The molecule has 0 fully saturated rings. The van der Waals surface area contributed by atoms with Crippen LogP contribution in [0.3, 0.4) is 0 Å². The van der Waals surface area contributed by atoms with Crippen molar-refractivity contribution in [2.75, 3.05) is 10.6 Å². The Morgan fingerprint density at radius 2 is 1.33 bits per heavy atom. The Balaban J connectivity index is 1.58. The SMILES string of the molecule is Oc1[nH]cc2c1C(c1ccc(-c3ccccc3)cc1)Nc1ccccc1N2. The molecule has 1 aliphatic heterocycles. The maximum absolute atomic E-state index is 10.4. The van der Waals surface area contributed by atoms with E-state index in [2.05, 4.69) is 52.0 Å². The lowest BCUT2D eigenvalue weighted by Crippen LogP contribution is -2.11. The summed E-state index contributed by atoms with van der Waals surface area (Å²) in [6.07, 6.45) is 1.81. The molecule has 1 aromatic heterocycles. The van der Waals surface area contributed by atoms with Gasteiger partial charge in [-0.05, 0) is 28.8 Å². The lowest BCUT2D eigenvalue weighted by Gasteiger charge is -2.19. The Bertz CT molecular complexity index is 1080. The van der Waals surface area contributed by atoms with Gasteiger partial charge in [-0.1, -0.05) is 66.7 Å². The van der Waals surface area contributed by atoms with Crippen LogP contribution in [0.15, 0.2) is 85.1 Å². The van der Waals surface area contributed by atoms with Gasteiger partial charge in [0.1, 0.15) is 0 Å². The monoisotopic (exact) mass is 353 g/mol. The highest BCUT2D eigenvalue weighted by molar-refractivity contribution is 5.81. The van der Waals surface area contributed by atoms with E-state index in [-0.39, 0.29) is 11.9 Å². The van der Waals surface area contributed by atoms with Crippen molar-refractivity contribution in [2.45, 2.75) is 6.04 Å². The van der Waals surface area contributed by atoms with E-state index in [0.717, 1.165) is 28.2 Å². The normalized spacial score (nSPS) is 15.0. The first-order valence-electron chi connectivity index (χ1n) is 8.98. The Hall–Kier alpha value is -3.66. The third kappa shape index (κ3) is 2.72. The molecule has 0 saturated carbocycles. The fourth-order valence-electron chi connectivity index (χ4n) is 3.66. The molecule has 1 unspecified atom stereocenters. The number of para-hydroxylation sites is 2. The van der Waals surface area contributed by atoms with Crippen molar-refractivity contribution in [3.63, 3.8) is 0 Å². The average Bonchev–Trinajstić information content (AvgIpc) is 2.99. The third-order valence-corrected chi connectivity index (χ3v) is 5.03. The van der Waals surface area contributed by atoms with Crippen LogP contribution in [-0.4, -0.2) is 10.1 Å². The molecule has 4 heteroatoms. The van der Waals surface area contributed by atoms with Crippen LogP contribution < -0.4 is 10.6 Å². The summed E-state index contributed by atoms with van der Waals surface area (Å²) < 4.78 is 0. The lowest BCUT2D eigenvalue weighted by molar-refractivity contribution is 0.449. The summed E-state index contributed by atoms with van der Waals surface area (Å²) in [4.78, 5) is 2.93. The second-order valence-corrected chi connectivity index (χ2v) is 6.70. The number of benzene rings is 3. The van der Waals surface area contributed by atoms with Crippen molar-refractivity contribution < 1.29 is 5.11 Å². The fourth-order valence-corrected chi connectivity index (χ4v) is 3.66. The quantitative estimate of drug-likeness (QED) is 0.377. The number of aromatic amines is 1. The number of fused-ring (bicyclic) bond motifs is 2. The molecule has 4 aromatic rings. The topological polar surface area (TPSA) is 60.1 Å². The molecule has 0 saturated heterocycles. The molecule has 2 heterocycles. The molecule has 27 heavy (non-hydrogen) atoms. The minimum Gasteiger partial charge on any atom is -0.494 e. The molecule has 0 bridgehead atoms. The van der Waals surface area contributed by atoms with Gasteiger partial charge >= 0.3 is 0 Å². The number of aromatic hydroxyl groups is 1. The van der Waals surface area contributed by atoms with Gasteiger partial charge in [-0.3, -0.25) is 0 Å². The first-order chi connectivity index (χ1) is 13.3. The molecule has 5 rings (SSSR count). The Labute approximate surface area is 157 Å². The standard InChI is InChI=1S/C23H19N3O/c27-23-21-20(14-24-23)25-18-8-4-5-9-19(18)26-22(21)17-12-10-16(11-13-17)15-6-2-1-3-7-15/h1-14,22,24-27H. The first-order valence-corrected chi connectivity index (χ1v) is 8.98. The maximum Gasteiger partial charge on any atom is 0.196 e. The Kier molecular flexibility index (Phi) is 3.61. The third-order valence-electron chi connectivity index (χ3n) is 5.03. The van der Waals surface area contributed by atoms with Gasteiger partial charge < -0.3 is 20.7 Å². The molecule has 132 valence electrons. The van der Waals surface area contributed by atoms with Crippen molar-refractivity contribution in [1.82, 2.24) is 4.98 Å². The zero-order chi connectivity index (χ0) is 18.2. The van der Waals surface area contributed by atoms with Crippen LogP contribution in [0.25, 0.3) is 11.1 Å². The van der Waals surface area contributed by atoms with E-state index >= 15 is 0 Å². The van der Waals surface area contributed by atoms with E-state index in [4.69, 9.17) is 0 Å². The molecule has 3 aromatic carbocycles. The van der Waals surface area contributed by atoms with Gasteiger partial charge in [0.2, 0.25) is 0 Å². The van der Waals surface area contributed by atoms with Crippen LogP contribution in [0.4, 0.5) is 17.1 Å². The number of nitrogens with one attached hydrogen (secondary N) is 3. The predicted octanol–water partition coefficient (Wildman–Crippen LogP) is 5.65. The maximum atomic E-state index is 10.4. The zero-order valence-electron chi connectivity index (χ0n) is 14.6. The van der Waals surface area contributed by atoms with E-state index in [9.17, 15) is 5.11 Å². The van der Waals surface area contributed by atoms with Crippen LogP contribution in [-0.2, 0) is 0 Å². The van der Waals surface area contributed by atoms with E-state index in [1.807, 2.05) is 42.5 Å². The van der Waals surface area contributed by atoms with E-state index in [0.29, 0.717) is 0 Å². The minimum absolute atomic E-state index is 0.160. The summed E-state index contributed by atoms with van der Waals surface area (Å²) >= 11 is 0. The van der Waals surface area contributed by atoms with Crippen LogP contribution in [0.2, 0.25) is 0 Å². The number of H-pyrrole nitrogens is 1. The van der Waals surface area contributed by atoms with Gasteiger partial charge in [0.25, 0.3) is 0 Å². The molecule has 0 spiro atoms. The molecule has 4 N–H and O–H groups in total. The van der Waals surface area contributed by atoms with E-state index < -0.39 is 0 Å². The van der Waals surface area contributed by atoms with Crippen LogP contribution in [0.5, 0.6) is 5.88 Å². The van der Waals surface area contributed by atoms with Crippen molar-refractivity contribution in [1.29, 1.82) is 0 Å². The van der Waals surface area contributed by atoms with Crippen molar-refractivity contribution >= 4 is 17.1 Å². The lowest BCUT2D eigenvalue weighted by atomic mass is 9.96. The molecular weight excluding hydrogens is 334 g/mol. The van der Waals surface area contributed by atoms with E-state index in [1.54, 1.807) is 6.20 Å². The highest BCUT2D eigenvalue weighted by Gasteiger charge is 2.27. The summed E-state index contributed by atoms with van der Waals surface area (Å²) in [6.45, 7) is 0. The summed E-state index contributed by atoms with van der Waals surface area (Å²) in [5.74, 6) is 0.176. The Morgan fingerprint density at radius 1 is 0.667 bits per heavy atom. The second-order valence-electron chi connectivity index (χ2n) is 6.70. The van der Waals surface area contributed by atoms with Crippen molar-refractivity contribution in [3.8, 4) is 17.0 Å². The molecular formula is C23H19N3O. The summed E-state index contributed by atoms with van der Waals surface area (Å²) in [5.41, 5.74) is 7.14. The molecule has 0 aliphatic carbocycles. The minimum atomic E-state index is -0.160.